The quantitative estimate of drug-likeness (QED) is 0.664. The predicted molar refractivity (Wildman–Crippen MR) is 95.9 cm³/mol. The number of thiazole rings is 1. The molecule has 0 saturated carbocycles. The van der Waals surface area contributed by atoms with Gasteiger partial charge in [0.25, 0.3) is 5.56 Å². The molecule has 6 heteroatoms. The molecule has 2 aromatic heterocycles. The van der Waals surface area contributed by atoms with Crippen molar-refractivity contribution < 1.29 is 9.53 Å². The summed E-state index contributed by atoms with van der Waals surface area (Å²) in [6.07, 6.45) is 1.78. The molecule has 126 valence electrons. The minimum atomic E-state index is -0.317. The number of aryl methyl sites for hydroxylation is 1. The smallest absolute Gasteiger partial charge is 0.313 e. The number of benzene rings is 1. The van der Waals surface area contributed by atoms with Gasteiger partial charge < -0.3 is 4.74 Å². The summed E-state index contributed by atoms with van der Waals surface area (Å²) in [7, 11) is 0. The molecular weight excluding hydrogens is 324 g/mol. The fraction of sp³-hybridized carbons (Fsp3) is 0.389. The first-order valence-corrected chi connectivity index (χ1v) is 8.98. The van der Waals surface area contributed by atoms with E-state index in [-0.39, 0.29) is 17.4 Å². The van der Waals surface area contributed by atoms with Crippen LogP contribution in [0.25, 0.3) is 15.2 Å². The van der Waals surface area contributed by atoms with Gasteiger partial charge in [0.15, 0.2) is 4.96 Å². The summed E-state index contributed by atoms with van der Waals surface area (Å²) in [5, 5.41) is 0. The Balaban J connectivity index is 2.15. The summed E-state index contributed by atoms with van der Waals surface area (Å²) in [4.78, 5) is 28.6. The van der Waals surface area contributed by atoms with E-state index in [1.54, 1.807) is 13.0 Å². The maximum absolute atomic E-state index is 12.0. The van der Waals surface area contributed by atoms with Crippen LogP contribution in [0.1, 0.15) is 44.4 Å². The lowest BCUT2D eigenvalue weighted by molar-refractivity contribution is -0.144. The Kier molecular flexibility index (Phi) is 4.66. The van der Waals surface area contributed by atoms with Crippen molar-refractivity contribution in [2.24, 2.45) is 0 Å². The molecule has 0 aliphatic carbocycles. The third kappa shape index (κ3) is 2.94. The summed E-state index contributed by atoms with van der Waals surface area (Å²) in [6.45, 7) is 6.11. The van der Waals surface area contributed by atoms with Gasteiger partial charge in [0.05, 0.1) is 22.7 Å². The average Bonchev–Trinajstić information content (AvgIpc) is 2.91. The van der Waals surface area contributed by atoms with Crippen LogP contribution in [-0.2, 0) is 16.0 Å². The molecule has 0 fully saturated rings. The number of esters is 1. The molecule has 0 bridgehead atoms. The van der Waals surface area contributed by atoms with Crippen LogP contribution in [-0.4, -0.2) is 22.0 Å². The number of nitrogens with zero attached hydrogens (tertiary/aromatic N) is 2. The second-order valence-electron chi connectivity index (χ2n) is 5.76. The second-order valence-corrected chi connectivity index (χ2v) is 6.77. The van der Waals surface area contributed by atoms with Crippen LogP contribution in [0.15, 0.2) is 29.1 Å². The van der Waals surface area contributed by atoms with E-state index in [0.717, 1.165) is 34.3 Å². The minimum Gasteiger partial charge on any atom is -0.466 e. The third-order valence-corrected chi connectivity index (χ3v) is 5.05. The van der Waals surface area contributed by atoms with Crippen LogP contribution in [0.2, 0.25) is 0 Å². The van der Waals surface area contributed by atoms with Crippen molar-refractivity contribution in [3.8, 4) is 0 Å². The normalized spacial score (nSPS) is 12.6. The number of hydrogen-bond acceptors (Lipinski definition) is 5. The Morgan fingerprint density at radius 3 is 2.83 bits per heavy atom. The van der Waals surface area contributed by atoms with E-state index in [2.05, 4.69) is 11.9 Å². The highest BCUT2D eigenvalue weighted by molar-refractivity contribution is 7.23. The van der Waals surface area contributed by atoms with Gasteiger partial charge in [-0.1, -0.05) is 30.7 Å². The number of hydrogen-bond donors (Lipinski definition) is 0. The second kappa shape index (κ2) is 6.73. The minimum absolute atomic E-state index is 0.204. The molecule has 2 heterocycles. The molecule has 0 aliphatic heterocycles. The lowest BCUT2D eigenvalue weighted by atomic mass is 10.0. The molecule has 1 aromatic carbocycles. The van der Waals surface area contributed by atoms with Crippen molar-refractivity contribution in [1.29, 1.82) is 0 Å². The number of ether oxygens (including phenoxy) is 1. The Bertz CT molecular complexity index is 958. The third-order valence-electron chi connectivity index (χ3n) is 4.05. The zero-order valence-electron chi connectivity index (χ0n) is 14.0. The molecule has 5 nitrogen and oxygen atoms in total. The molecule has 0 amide bonds. The monoisotopic (exact) mass is 344 g/mol. The van der Waals surface area contributed by atoms with Gasteiger partial charge in [-0.25, -0.2) is 0 Å². The van der Waals surface area contributed by atoms with Crippen molar-refractivity contribution in [3.63, 3.8) is 0 Å². The molecule has 0 radical (unpaired) electrons. The lowest BCUT2D eigenvalue weighted by Crippen LogP contribution is -2.13. The van der Waals surface area contributed by atoms with Crippen LogP contribution in [0.3, 0.4) is 0 Å². The van der Waals surface area contributed by atoms with Crippen molar-refractivity contribution in [2.45, 2.75) is 39.5 Å². The maximum atomic E-state index is 12.0. The van der Waals surface area contributed by atoms with Gasteiger partial charge in [0.2, 0.25) is 0 Å². The highest BCUT2D eigenvalue weighted by atomic mass is 32.1. The van der Waals surface area contributed by atoms with Gasteiger partial charge in [-0.05, 0) is 38.0 Å². The fourth-order valence-electron chi connectivity index (χ4n) is 2.84. The van der Waals surface area contributed by atoms with Crippen LogP contribution < -0.4 is 5.56 Å². The van der Waals surface area contributed by atoms with Gasteiger partial charge in [0, 0.05) is 11.8 Å². The first kappa shape index (κ1) is 16.6. The van der Waals surface area contributed by atoms with E-state index >= 15 is 0 Å². The highest BCUT2D eigenvalue weighted by Crippen LogP contribution is 2.29. The Morgan fingerprint density at radius 2 is 2.12 bits per heavy atom. The average molecular weight is 344 g/mol. The largest absolute Gasteiger partial charge is 0.466 e. The van der Waals surface area contributed by atoms with Crippen molar-refractivity contribution >= 4 is 32.5 Å². The summed E-state index contributed by atoms with van der Waals surface area (Å²) >= 11 is 1.47. The maximum Gasteiger partial charge on any atom is 0.313 e. The summed E-state index contributed by atoms with van der Waals surface area (Å²) in [5.41, 5.74) is 2.70. The van der Waals surface area contributed by atoms with E-state index < -0.39 is 0 Å². The van der Waals surface area contributed by atoms with Crippen molar-refractivity contribution in [2.75, 3.05) is 6.61 Å². The van der Waals surface area contributed by atoms with Crippen LogP contribution in [0.5, 0.6) is 0 Å². The molecule has 1 atom stereocenters. The molecule has 0 spiro atoms. The Hall–Kier alpha value is -2.21. The summed E-state index contributed by atoms with van der Waals surface area (Å²) in [5.74, 6) is -0.542. The molecule has 3 aromatic rings. The molecule has 0 saturated heterocycles. The van der Waals surface area contributed by atoms with E-state index in [1.165, 1.54) is 11.3 Å². The number of carbonyl (C=O) groups is 1. The summed E-state index contributed by atoms with van der Waals surface area (Å²) < 4.78 is 8.16. The Morgan fingerprint density at radius 1 is 1.33 bits per heavy atom. The summed E-state index contributed by atoms with van der Waals surface area (Å²) in [6, 6.07) is 7.55. The fourth-order valence-corrected chi connectivity index (χ4v) is 3.94. The first-order valence-electron chi connectivity index (χ1n) is 8.17. The highest BCUT2D eigenvalue weighted by Gasteiger charge is 2.18. The Labute approximate surface area is 143 Å². The van der Waals surface area contributed by atoms with Gasteiger partial charge in [-0.2, -0.15) is 4.98 Å². The van der Waals surface area contributed by atoms with E-state index in [4.69, 9.17) is 4.74 Å². The van der Waals surface area contributed by atoms with Gasteiger partial charge >= 0.3 is 5.97 Å². The molecular formula is C18H20N2O3S. The van der Waals surface area contributed by atoms with Gasteiger partial charge in [-0.3, -0.25) is 14.0 Å². The number of carbonyl (C=O) groups excluding carboxylic acids is 1. The molecule has 0 N–H and O–H groups in total. The van der Waals surface area contributed by atoms with Crippen LogP contribution >= 0.6 is 11.3 Å². The van der Waals surface area contributed by atoms with Gasteiger partial charge in [0.1, 0.15) is 0 Å². The predicted octanol–water partition coefficient (Wildman–Crippen LogP) is 3.53. The SMILES string of the molecule is CCCc1cc(=O)nc2sc3cc(C(C)C(=O)OCC)ccc3n12. The lowest BCUT2D eigenvalue weighted by Gasteiger charge is -2.11. The van der Waals surface area contributed by atoms with Crippen LogP contribution in [0.4, 0.5) is 0 Å². The van der Waals surface area contributed by atoms with Crippen molar-refractivity contribution in [3.05, 3.63) is 45.9 Å². The zero-order chi connectivity index (χ0) is 17.3. The molecule has 0 aliphatic rings. The van der Waals surface area contributed by atoms with Gasteiger partial charge in [-0.15, -0.1) is 0 Å². The topological polar surface area (TPSA) is 60.7 Å². The first-order chi connectivity index (χ1) is 11.5. The van der Waals surface area contributed by atoms with Crippen LogP contribution in [0, 0.1) is 0 Å². The molecule has 1 unspecified atom stereocenters. The molecule has 3 rings (SSSR count). The van der Waals surface area contributed by atoms with E-state index in [1.807, 2.05) is 29.5 Å². The number of aromatic nitrogens is 2. The number of fused-ring (bicyclic) bond motifs is 3. The van der Waals surface area contributed by atoms with E-state index in [9.17, 15) is 9.59 Å². The van der Waals surface area contributed by atoms with E-state index in [0.29, 0.717) is 11.6 Å². The number of rotatable bonds is 5. The molecule has 24 heavy (non-hydrogen) atoms. The standard InChI is InChI=1S/C18H20N2O3S/c1-4-6-13-10-16(21)19-18-20(13)14-8-7-12(9-15(14)24-18)11(3)17(22)23-5-2/h7-11H,4-6H2,1-3H3. The van der Waals surface area contributed by atoms with Crippen molar-refractivity contribution in [1.82, 2.24) is 9.38 Å². The zero-order valence-corrected chi connectivity index (χ0v) is 14.9.